The number of aromatic nitrogens is 1. The standard InChI is InChI=1S/C32H29ClN2O6S/c1-5-40-31(37)28-19(2)34-32-35(29(28)25-14-13-23(38-3)17-26(25)39-4)30(36)27(42-32)16-21-7-6-8-24(15-21)41-18-20-9-11-22(33)12-10-20/h6-17,29H,5,18H2,1-4H3/b27-16-/t29-/m0/s1. The van der Waals surface area contributed by atoms with E-state index in [9.17, 15) is 9.59 Å². The number of hydrogen-bond donors (Lipinski definition) is 0. The molecule has 5 rings (SSSR count). The maximum Gasteiger partial charge on any atom is 0.338 e. The van der Waals surface area contributed by atoms with Crippen LogP contribution in [0.4, 0.5) is 0 Å². The van der Waals surface area contributed by atoms with Crippen molar-refractivity contribution in [2.45, 2.75) is 26.5 Å². The summed E-state index contributed by atoms with van der Waals surface area (Å²) in [4.78, 5) is 32.3. The van der Waals surface area contributed by atoms with Gasteiger partial charge >= 0.3 is 5.97 Å². The number of benzene rings is 3. The molecule has 0 amide bonds. The first-order valence-electron chi connectivity index (χ1n) is 13.2. The van der Waals surface area contributed by atoms with Gasteiger partial charge in [0.15, 0.2) is 4.80 Å². The molecule has 4 aromatic rings. The summed E-state index contributed by atoms with van der Waals surface area (Å²) >= 11 is 7.23. The lowest BCUT2D eigenvalue weighted by Crippen LogP contribution is -2.40. The van der Waals surface area contributed by atoms with Crippen LogP contribution in [-0.4, -0.2) is 31.4 Å². The largest absolute Gasteiger partial charge is 0.497 e. The fourth-order valence-electron chi connectivity index (χ4n) is 4.72. The third kappa shape index (κ3) is 5.98. The van der Waals surface area contributed by atoms with E-state index >= 15 is 0 Å². The van der Waals surface area contributed by atoms with Crippen molar-refractivity contribution < 1.29 is 23.7 Å². The van der Waals surface area contributed by atoms with E-state index in [4.69, 9.17) is 30.5 Å². The molecular formula is C32H29ClN2O6S. The molecule has 1 aliphatic rings. The van der Waals surface area contributed by atoms with Crippen LogP contribution in [0, 0.1) is 0 Å². The molecule has 0 spiro atoms. The number of thiazole rings is 1. The van der Waals surface area contributed by atoms with Gasteiger partial charge in [-0.25, -0.2) is 9.79 Å². The summed E-state index contributed by atoms with van der Waals surface area (Å²) in [7, 11) is 3.09. The summed E-state index contributed by atoms with van der Waals surface area (Å²) in [5, 5.41) is 0.666. The third-order valence-electron chi connectivity index (χ3n) is 6.73. The summed E-state index contributed by atoms with van der Waals surface area (Å²) in [6, 6.07) is 19.4. The predicted octanol–water partition coefficient (Wildman–Crippen LogP) is 5.05. The number of esters is 1. The van der Waals surface area contributed by atoms with Crippen LogP contribution in [0.3, 0.4) is 0 Å². The van der Waals surface area contributed by atoms with Crippen LogP contribution in [0.2, 0.25) is 5.02 Å². The Bertz CT molecular complexity index is 1840. The lowest BCUT2D eigenvalue weighted by Gasteiger charge is -2.26. The molecule has 8 nitrogen and oxygen atoms in total. The number of methoxy groups -OCH3 is 2. The first-order valence-corrected chi connectivity index (χ1v) is 14.4. The molecule has 0 aliphatic carbocycles. The number of fused-ring (bicyclic) bond motifs is 1. The van der Waals surface area contributed by atoms with E-state index in [0.29, 0.717) is 49.5 Å². The van der Waals surface area contributed by atoms with Gasteiger partial charge in [-0.1, -0.05) is 47.2 Å². The third-order valence-corrected chi connectivity index (χ3v) is 7.96. The maximum atomic E-state index is 14.0. The molecule has 0 fully saturated rings. The molecule has 0 N–H and O–H groups in total. The minimum atomic E-state index is -0.808. The van der Waals surface area contributed by atoms with Crippen LogP contribution in [0.25, 0.3) is 6.08 Å². The number of rotatable bonds is 9. The van der Waals surface area contributed by atoms with Gasteiger partial charge in [0, 0.05) is 16.7 Å². The number of halogens is 1. The highest BCUT2D eigenvalue weighted by molar-refractivity contribution is 7.07. The molecule has 10 heteroatoms. The molecule has 0 saturated heterocycles. The van der Waals surface area contributed by atoms with Gasteiger partial charge in [0.25, 0.3) is 5.56 Å². The van der Waals surface area contributed by atoms with E-state index < -0.39 is 12.0 Å². The van der Waals surface area contributed by atoms with Gasteiger partial charge in [-0.2, -0.15) is 0 Å². The van der Waals surface area contributed by atoms with Crippen LogP contribution in [0.5, 0.6) is 17.2 Å². The van der Waals surface area contributed by atoms with Gasteiger partial charge in [0.05, 0.1) is 36.6 Å². The predicted molar refractivity (Wildman–Crippen MR) is 162 cm³/mol. The van der Waals surface area contributed by atoms with Gasteiger partial charge < -0.3 is 18.9 Å². The van der Waals surface area contributed by atoms with Crippen LogP contribution in [0.1, 0.15) is 36.6 Å². The number of hydrogen-bond acceptors (Lipinski definition) is 8. The molecule has 0 saturated carbocycles. The SMILES string of the molecule is CCOC(=O)C1=C(C)N=c2s/c(=C\c3cccc(OCc4ccc(Cl)cc4)c3)c(=O)n2[C@H]1c1ccc(OC)cc1OC. The second-order valence-corrected chi connectivity index (χ2v) is 10.8. The second-order valence-electron chi connectivity index (χ2n) is 9.40. The fourth-order valence-corrected chi connectivity index (χ4v) is 5.90. The summed E-state index contributed by atoms with van der Waals surface area (Å²) in [5.74, 6) is 1.17. The van der Waals surface area contributed by atoms with Crippen molar-refractivity contribution in [2.24, 2.45) is 4.99 Å². The Hall–Kier alpha value is -4.34. The maximum absolute atomic E-state index is 14.0. The van der Waals surface area contributed by atoms with Crippen LogP contribution < -0.4 is 29.1 Å². The van der Waals surface area contributed by atoms with Crippen molar-refractivity contribution in [1.82, 2.24) is 4.57 Å². The van der Waals surface area contributed by atoms with Crippen molar-refractivity contribution in [3.63, 3.8) is 0 Å². The van der Waals surface area contributed by atoms with E-state index in [1.807, 2.05) is 48.5 Å². The molecule has 1 atom stereocenters. The molecule has 0 unspecified atom stereocenters. The number of nitrogens with zero attached hydrogens (tertiary/aromatic N) is 2. The normalized spacial score (nSPS) is 14.7. The van der Waals surface area contributed by atoms with E-state index in [1.165, 1.54) is 23.0 Å². The van der Waals surface area contributed by atoms with Crippen molar-refractivity contribution >= 4 is 35.0 Å². The Kier molecular flexibility index (Phi) is 8.80. The van der Waals surface area contributed by atoms with Gasteiger partial charge in [-0.3, -0.25) is 9.36 Å². The zero-order valence-electron chi connectivity index (χ0n) is 23.5. The Labute approximate surface area is 251 Å². The molecule has 1 aliphatic heterocycles. The Morgan fingerprint density at radius 3 is 2.55 bits per heavy atom. The number of allylic oxidation sites excluding steroid dienone is 1. The molecule has 1 aromatic heterocycles. The molecule has 3 aromatic carbocycles. The molecule has 0 bridgehead atoms. The zero-order chi connectivity index (χ0) is 29.8. The quantitative estimate of drug-likeness (QED) is 0.249. The number of carbonyl (C=O) groups excluding carboxylic acids is 1. The van der Waals surface area contributed by atoms with Gasteiger partial charge in [0.1, 0.15) is 29.9 Å². The molecule has 0 radical (unpaired) electrons. The van der Waals surface area contributed by atoms with Crippen LogP contribution >= 0.6 is 22.9 Å². The number of ether oxygens (including phenoxy) is 4. The monoisotopic (exact) mass is 604 g/mol. The highest BCUT2D eigenvalue weighted by atomic mass is 35.5. The van der Waals surface area contributed by atoms with Crippen molar-refractivity contribution in [3.8, 4) is 17.2 Å². The van der Waals surface area contributed by atoms with Crippen LogP contribution in [0.15, 0.2) is 87.8 Å². The fraction of sp³-hybridized carbons (Fsp3) is 0.219. The zero-order valence-corrected chi connectivity index (χ0v) is 25.1. The first-order chi connectivity index (χ1) is 20.3. The van der Waals surface area contributed by atoms with Crippen LogP contribution in [-0.2, 0) is 16.1 Å². The average molecular weight is 605 g/mol. The Morgan fingerprint density at radius 2 is 1.83 bits per heavy atom. The summed E-state index contributed by atoms with van der Waals surface area (Å²) in [5.41, 5.74) is 2.84. The summed E-state index contributed by atoms with van der Waals surface area (Å²) in [6.07, 6.45) is 1.80. The molecule has 216 valence electrons. The summed E-state index contributed by atoms with van der Waals surface area (Å²) in [6.45, 7) is 4.04. The van der Waals surface area contributed by atoms with Crippen molar-refractivity contribution in [3.05, 3.63) is 119 Å². The molecule has 2 heterocycles. The minimum absolute atomic E-state index is 0.183. The average Bonchev–Trinajstić information content (AvgIpc) is 3.29. The van der Waals surface area contributed by atoms with Gasteiger partial charge in [-0.05, 0) is 67.4 Å². The van der Waals surface area contributed by atoms with Gasteiger partial charge in [-0.15, -0.1) is 0 Å². The lowest BCUT2D eigenvalue weighted by atomic mass is 9.95. The summed E-state index contributed by atoms with van der Waals surface area (Å²) < 4.78 is 24.4. The second kappa shape index (κ2) is 12.7. The smallest absolute Gasteiger partial charge is 0.338 e. The van der Waals surface area contributed by atoms with E-state index in [0.717, 1.165) is 11.1 Å². The highest BCUT2D eigenvalue weighted by Gasteiger charge is 2.35. The molecular weight excluding hydrogens is 576 g/mol. The minimum Gasteiger partial charge on any atom is -0.497 e. The first kappa shape index (κ1) is 29.2. The van der Waals surface area contributed by atoms with E-state index in [-0.39, 0.29) is 17.7 Å². The Morgan fingerprint density at radius 1 is 1.05 bits per heavy atom. The highest BCUT2D eigenvalue weighted by Crippen LogP contribution is 2.37. The number of carbonyl (C=O) groups is 1. The lowest BCUT2D eigenvalue weighted by molar-refractivity contribution is -0.139. The van der Waals surface area contributed by atoms with E-state index in [1.54, 1.807) is 45.2 Å². The molecule has 42 heavy (non-hydrogen) atoms. The van der Waals surface area contributed by atoms with Gasteiger partial charge in [0.2, 0.25) is 0 Å². The Balaban J connectivity index is 1.58. The van der Waals surface area contributed by atoms with E-state index in [2.05, 4.69) is 4.99 Å². The van der Waals surface area contributed by atoms with Crippen molar-refractivity contribution in [1.29, 1.82) is 0 Å². The topological polar surface area (TPSA) is 88.4 Å². The van der Waals surface area contributed by atoms with Crippen molar-refractivity contribution in [2.75, 3.05) is 20.8 Å².